The van der Waals surface area contributed by atoms with Gasteiger partial charge in [-0.1, -0.05) is 6.92 Å². The zero-order valence-electron chi connectivity index (χ0n) is 13.9. The summed E-state index contributed by atoms with van der Waals surface area (Å²) in [4.78, 5) is 14.9. The molecule has 1 saturated heterocycles. The lowest BCUT2D eigenvalue weighted by atomic mass is 9.99. The smallest absolute Gasteiger partial charge is 0.261 e. The molecule has 6 heteroatoms. The molecule has 1 amide bonds. The number of methoxy groups -OCH3 is 1. The van der Waals surface area contributed by atoms with Crippen LogP contribution in [0.5, 0.6) is 5.88 Å². The Morgan fingerprint density at radius 1 is 1.43 bits per heavy atom. The predicted molar refractivity (Wildman–Crippen MR) is 85.5 cm³/mol. The van der Waals surface area contributed by atoms with Gasteiger partial charge in [-0.2, -0.15) is 5.10 Å². The van der Waals surface area contributed by atoms with E-state index in [1.54, 1.807) is 25.0 Å². The van der Waals surface area contributed by atoms with Crippen molar-refractivity contribution in [2.75, 3.05) is 13.7 Å². The van der Waals surface area contributed by atoms with Crippen LogP contribution in [0.1, 0.15) is 54.1 Å². The van der Waals surface area contributed by atoms with Crippen LogP contribution in [0.15, 0.2) is 22.7 Å². The number of hydrogen-bond acceptors (Lipinski definition) is 4. The van der Waals surface area contributed by atoms with E-state index in [0.29, 0.717) is 11.4 Å². The fourth-order valence-electron chi connectivity index (χ4n) is 3.20. The number of furan rings is 1. The number of piperidine rings is 1. The second-order valence-corrected chi connectivity index (χ2v) is 5.86. The molecule has 0 bridgehead atoms. The molecule has 2 aromatic heterocycles. The van der Waals surface area contributed by atoms with Gasteiger partial charge in [0.2, 0.25) is 5.88 Å². The lowest BCUT2D eigenvalue weighted by molar-refractivity contribution is 0.0575. The Kier molecular flexibility index (Phi) is 4.41. The van der Waals surface area contributed by atoms with Gasteiger partial charge in [0.25, 0.3) is 5.91 Å². The molecule has 3 rings (SSSR count). The minimum absolute atomic E-state index is 0.0125. The summed E-state index contributed by atoms with van der Waals surface area (Å²) < 4.78 is 12.8. The molecule has 0 spiro atoms. The molecule has 1 fully saturated rings. The van der Waals surface area contributed by atoms with Crippen LogP contribution < -0.4 is 4.74 Å². The van der Waals surface area contributed by atoms with Gasteiger partial charge in [-0.15, -0.1) is 0 Å². The van der Waals surface area contributed by atoms with Gasteiger partial charge in [0.1, 0.15) is 17.1 Å². The van der Waals surface area contributed by atoms with Crippen LogP contribution in [0.4, 0.5) is 0 Å². The fourth-order valence-corrected chi connectivity index (χ4v) is 3.20. The predicted octanol–water partition coefficient (Wildman–Crippen LogP) is 2.95. The maximum Gasteiger partial charge on any atom is 0.261 e. The minimum atomic E-state index is -0.0471. The summed E-state index contributed by atoms with van der Waals surface area (Å²) in [5, 5.41) is 4.14. The molecular weight excluding hydrogens is 294 g/mol. The summed E-state index contributed by atoms with van der Waals surface area (Å²) >= 11 is 0. The Morgan fingerprint density at radius 2 is 2.26 bits per heavy atom. The van der Waals surface area contributed by atoms with Crippen molar-refractivity contribution in [2.24, 2.45) is 7.05 Å². The van der Waals surface area contributed by atoms with E-state index in [2.05, 4.69) is 12.0 Å². The molecule has 6 nitrogen and oxygen atoms in total. The lowest BCUT2D eigenvalue weighted by Crippen LogP contribution is -2.38. The number of aryl methyl sites for hydroxylation is 2. The van der Waals surface area contributed by atoms with Crippen LogP contribution >= 0.6 is 0 Å². The molecule has 1 aliphatic rings. The Hall–Kier alpha value is -2.24. The van der Waals surface area contributed by atoms with Gasteiger partial charge in [0.05, 0.1) is 19.3 Å². The highest BCUT2D eigenvalue weighted by atomic mass is 16.5. The normalized spacial score (nSPS) is 18.2. The van der Waals surface area contributed by atoms with Crippen molar-refractivity contribution < 1.29 is 13.9 Å². The maximum absolute atomic E-state index is 13.0. The first-order valence-electron chi connectivity index (χ1n) is 8.11. The van der Waals surface area contributed by atoms with Crippen LogP contribution in [0, 0.1) is 0 Å². The molecule has 23 heavy (non-hydrogen) atoms. The number of ether oxygens (including phenoxy) is 1. The SMILES string of the molecule is CCc1ccc([C@@H]2CCCCN2C(=O)c2cnn(C)c2OC)o1. The molecule has 0 saturated carbocycles. The Balaban J connectivity index is 1.90. The minimum Gasteiger partial charge on any atom is -0.481 e. The number of nitrogens with zero attached hydrogens (tertiary/aromatic N) is 3. The third-order valence-corrected chi connectivity index (χ3v) is 4.43. The molecule has 3 heterocycles. The van der Waals surface area contributed by atoms with Crippen molar-refractivity contribution in [3.05, 3.63) is 35.4 Å². The molecule has 0 aliphatic carbocycles. The third-order valence-electron chi connectivity index (χ3n) is 4.43. The zero-order chi connectivity index (χ0) is 16.4. The molecule has 1 atom stereocenters. The molecule has 0 radical (unpaired) electrons. The van der Waals surface area contributed by atoms with Crippen molar-refractivity contribution in [2.45, 2.75) is 38.6 Å². The Morgan fingerprint density at radius 3 is 2.96 bits per heavy atom. The van der Waals surface area contributed by atoms with Crippen LogP contribution in [-0.2, 0) is 13.5 Å². The number of carbonyl (C=O) groups excluding carboxylic acids is 1. The number of aromatic nitrogens is 2. The number of likely N-dealkylation sites (tertiary alicyclic amines) is 1. The summed E-state index contributed by atoms with van der Waals surface area (Å²) in [6.45, 7) is 2.79. The second-order valence-electron chi connectivity index (χ2n) is 5.86. The first-order valence-corrected chi connectivity index (χ1v) is 8.11. The van der Waals surface area contributed by atoms with Gasteiger partial charge in [-0.05, 0) is 31.4 Å². The largest absolute Gasteiger partial charge is 0.481 e. The fraction of sp³-hybridized carbons (Fsp3) is 0.529. The molecule has 1 aliphatic heterocycles. The van der Waals surface area contributed by atoms with E-state index in [0.717, 1.165) is 43.7 Å². The average molecular weight is 317 g/mol. The number of rotatable bonds is 4. The van der Waals surface area contributed by atoms with Crippen molar-refractivity contribution >= 4 is 5.91 Å². The Labute approximate surface area is 136 Å². The third kappa shape index (κ3) is 2.85. The van der Waals surface area contributed by atoms with E-state index >= 15 is 0 Å². The number of hydrogen-bond donors (Lipinski definition) is 0. The molecule has 0 unspecified atom stereocenters. The zero-order valence-corrected chi connectivity index (χ0v) is 13.9. The van der Waals surface area contributed by atoms with Gasteiger partial charge in [-0.25, -0.2) is 4.68 Å². The monoisotopic (exact) mass is 317 g/mol. The summed E-state index contributed by atoms with van der Waals surface area (Å²) in [7, 11) is 3.32. The Bertz CT molecular complexity index is 689. The van der Waals surface area contributed by atoms with E-state index < -0.39 is 0 Å². The average Bonchev–Trinajstić information content (AvgIpc) is 3.20. The van der Waals surface area contributed by atoms with Crippen LogP contribution in [0.3, 0.4) is 0 Å². The van der Waals surface area contributed by atoms with Crippen LogP contribution in [0.2, 0.25) is 0 Å². The van der Waals surface area contributed by atoms with E-state index in [-0.39, 0.29) is 11.9 Å². The van der Waals surface area contributed by atoms with Gasteiger partial charge >= 0.3 is 0 Å². The summed E-state index contributed by atoms with van der Waals surface area (Å²) in [5.41, 5.74) is 0.504. The van der Waals surface area contributed by atoms with Crippen molar-refractivity contribution in [3.63, 3.8) is 0 Å². The highest BCUT2D eigenvalue weighted by molar-refractivity contribution is 5.96. The van der Waals surface area contributed by atoms with E-state index in [1.807, 2.05) is 17.0 Å². The van der Waals surface area contributed by atoms with Gasteiger partial charge in [0.15, 0.2) is 0 Å². The molecule has 124 valence electrons. The maximum atomic E-state index is 13.0. The quantitative estimate of drug-likeness (QED) is 0.870. The molecule has 0 N–H and O–H groups in total. The highest BCUT2D eigenvalue weighted by Crippen LogP contribution is 2.34. The van der Waals surface area contributed by atoms with Crippen LogP contribution in [0.25, 0.3) is 0 Å². The van der Waals surface area contributed by atoms with Crippen LogP contribution in [-0.4, -0.2) is 34.2 Å². The summed E-state index contributed by atoms with van der Waals surface area (Å²) in [5.74, 6) is 2.27. The highest BCUT2D eigenvalue weighted by Gasteiger charge is 2.33. The van der Waals surface area contributed by atoms with Gasteiger partial charge in [0, 0.05) is 20.0 Å². The van der Waals surface area contributed by atoms with E-state index in [9.17, 15) is 4.79 Å². The van der Waals surface area contributed by atoms with E-state index in [4.69, 9.17) is 9.15 Å². The molecular formula is C17H23N3O3. The summed E-state index contributed by atoms with van der Waals surface area (Å²) in [6.07, 6.45) is 5.46. The number of amides is 1. The van der Waals surface area contributed by atoms with E-state index in [1.165, 1.54) is 0 Å². The van der Waals surface area contributed by atoms with Gasteiger partial charge < -0.3 is 14.1 Å². The van der Waals surface area contributed by atoms with Crippen molar-refractivity contribution in [1.82, 2.24) is 14.7 Å². The number of carbonyl (C=O) groups is 1. The topological polar surface area (TPSA) is 60.5 Å². The molecule has 2 aromatic rings. The van der Waals surface area contributed by atoms with Gasteiger partial charge in [-0.3, -0.25) is 4.79 Å². The first kappa shape index (κ1) is 15.6. The lowest BCUT2D eigenvalue weighted by Gasteiger charge is -2.34. The van der Waals surface area contributed by atoms with Crippen molar-refractivity contribution in [1.29, 1.82) is 0 Å². The summed E-state index contributed by atoms with van der Waals surface area (Å²) in [6, 6.07) is 3.98. The van der Waals surface area contributed by atoms with Crippen molar-refractivity contribution in [3.8, 4) is 5.88 Å². The molecule has 0 aromatic carbocycles. The standard InChI is InChI=1S/C17H23N3O3/c1-4-12-8-9-15(23-12)14-7-5-6-10-20(14)16(21)13-11-18-19(2)17(13)22-3/h8-9,11,14H,4-7,10H2,1-3H3/t14-/m0/s1. The first-order chi connectivity index (χ1) is 11.2. The second kappa shape index (κ2) is 6.48.